The number of hydrogen-bond acceptors (Lipinski definition) is 6. The van der Waals surface area contributed by atoms with Crippen molar-refractivity contribution in [1.82, 2.24) is 15.0 Å². The lowest BCUT2D eigenvalue weighted by atomic mass is 9.93. The van der Waals surface area contributed by atoms with E-state index in [-0.39, 0.29) is 0 Å². The van der Waals surface area contributed by atoms with E-state index in [2.05, 4.69) is 25.6 Å². The van der Waals surface area contributed by atoms with Crippen LogP contribution in [0.2, 0.25) is 0 Å². The molecule has 1 saturated carbocycles. The quantitative estimate of drug-likeness (QED) is 0.895. The summed E-state index contributed by atoms with van der Waals surface area (Å²) < 4.78 is 0. The van der Waals surface area contributed by atoms with Gasteiger partial charge in [0.1, 0.15) is 17.6 Å². The Morgan fingerprint density at radius 1 is 1.29 bits per heavy atom. The van der Waals surface area contributed by atoms with Crippen molar-refractivity contribution in [3.05, 3.63) is 35.8 Å². The zero-order chi connectivity index (χ0) is 14.7. The molecule has 2 N–H and O–H groups in total. The first kappa shape index (κ1) is 13.3. The summed E-state index contributed by atoms with van der Waals surface area (Å²) >= 11 is 0. The summed E-state index contributed by atoms with van der Waals surface area (Å²) in [6.07, 6.45) is 5.47. The molecule has 0 spiro atoms. The normalized spacial score (nSPS) is 14.1. The zero-order valence-corrected chi connectivity index (χ0v) is 11.8. The van der Waals surface area contributed by atoms with Gasteiger partial charge in [0.15, 0.2) is 0 Å². The lowest BCUT2D eigenvalue weighted by Gasteiger charge is -2.26. The molecule has 6 nitrogen and oxygen atoms in total. The Morgan fingerprint density at radius 2 is 2.14 bits per heavy atom. The molecular weight excluding hydrogens is 264 g/mol. The Hall–Kier alpha value is -2.68. The van der Waals surface area contributed by atoms with Gasteiger partial charge in [-0.15, -0.1) is 0 Å². The second kappa shape index (κ2) is 5.75. The van der Waals surface area contributed by atoms with Crippen molar-refractivity contribution in [3.63, 3.8) is 0 Å². The topological polar surface area (TPSA) is 86.5 Å². The zero-order valence-electron chi connectivity index (χ0n) is 11.8. The highest BCUT2D eigenvalue weighted by Gasteiger charge is 2.17. The summed E-state index contributed by atoms with van der Waals surface area (Å²) in [6.45, 7) is 1.83. The molecule has 2 aromatic rings. The number of nitrogens with zero attached hydrogens (tertiary/aromatic N) is 4. The van der Waals surface area contributed by atoms with Crippen LogP contribution in [0.1, 0.15) is 30.7 Å². The minimum Gasteiger partial charge on any atom is -0.367 e. The molecule has 0 saturated heterocycles. The average Bonchev–Trinajstić information content (AvgIpc) is 2.44. The van der Waals surface area contributed by atoms with Gasteiger partial charge in [-0.3, -0.25) is 0 Å². The Kier molecular flexibility index (Phi) is 3.65. The van der Waals surface area contributed by atoms with Crippen LogP contribution in [0.25, 0.3) is 0 Å². The molecule has 0 amide bonds. The largest absolute Gasteiger partial charge is 0.367 e. The van der Waals surface area contributed by atoms with Crippen molar-refractivity contribution in [3.8, 4) is 6.07 Å². The first-order valence-electron chi connectivity index (χ1n) is 6.98. The molecule has 1 fully saturated rings. The van der Waals surface area contributed by atoms with Crippen LogP contribution in [-0.2, 0) is 0 Å². The molecule has 0 aromatic carbocycles. The third-order valence-electron chi connectivity index (χ3n) is 3.45. The lowest BCUT2D eigenvalue weighted by Crippen LogP contribution is -2.27. The van der Waals surface area contributed by atoms with Crippen molar-refractivity contribution in [2.75, 3.05) is 10.6 Å². The van der Waals surface area contributed by atoms with Crippen molar-refractivity contribution in [2.24, 2.45) is 0 Å². The Balaban J connectivity index is 1.69. The second-order valence-electron chi connectivity index (χ2n) is 5.16. The molecule has 0 atom stereocenters. The van der Waals surface area contributed by atoms with Crippen LogP contribution in [0.15, 0.2) is 24.4 Å². The number of nitrogens with one attached hydrogen (secondary N) is 2. The van der Waals surface area contributed by atoms with Gasteiger partial charge in [-0.2, -0.15) is 5.26 Å². The molecule has 1 aliphatic carbocycles. The first-order valence-corrected chi connectivity index (χ1v) is 6.98. The van der Waals surface area contributed by atoms with Crippen LogP contribution < -0.4 is 10.6 Å². The van der Waals surface area contributed by atoms with E-state index in [1.54, 1.807) is 12.3 Å². The standard InChI is InChI=1S/C15H16N6/c1-10-7-13(8-16)21-15(18-10)20-12-5-6-14(17-9-12)19-11-3-2-4-11/h5-7,9,11H,2-4H2,1H3,(H,17,19)(H,18,20,21). The van der Waals surface area contributed by atoms with E-state index in [0.717, 1.165) is 17.2 Å². The Labute approximate surface area is 123 Å². The number of aryl methyl sites for hydroxylation is 1. The molecule has 0 radical (unpaired) electrons. The van der Waals surface area contributed by atoms with E-state index in [9.17, 15) is 0 Å². The average molecular weight is 280 g/mol. The smallest absolute Gasteiger partial charge is 0.228 e. The molecule has 1 aliphatic rings. The van der Waals surface area contributed by atoms with Gasteiger partial charge in [-0.25, -0.2) is 15.0 Å². The first-order chi connectivity index (χ1) is 10.2. The van der Waals surface area contributed by atoms with Gasteiger partial charge in [0.05, 0.1) is 11.9 Å². The predicted molar refractivity (Wildman–Crippen MR) is 80.3 cm³/mol. The molecule has 106 valence electrons. The monoisotopic (exact) mass is 280 g/mol. The summed E-state index contributed by atoms with van der Waals surface area (Å²) in [4.78, 5) is 12.7. The fraction of sp³-hybridized carbons (Fsp3) is 0.333. The van der Waals surface area contributed by atoms with E-state index < -0.39 is 0 Å². The number of aromatic nitrogens is 3. The number of nitriles is 1. The molecule has 0 aliphatic heterocycles. The minimum atomic E-state index is 0.348. The van der Waals surface area contributed by atoms with Crippen LogP contribution in [0, 0.1) is 18.3 Å². The van der Waals surface area contributed by atoms with E-state index in [0.29, 0.717) is 17.7 Å². The molecule has 2 heterocycles. The summed E-state index contributed by atoms with van der Waals surface area (Å²) in [5.41, 5.74) is 1.89. The van der Waals surface area contributed by atoms with Crippen LogP contribution >= 0.6 is 0 Å². The minimum absolute atomic E-state index is 0.348. The number of anilines is 3. The maximum Gasteiger partial charge on any atom is 0.228 e. The maximum atomic E-state index is 8.91. The van der Waals surface area contributed by atoms with E-state index in [1.807, 2.05) is 25.1 Å². The van der Waals surface area contributed by atoms with E-state index >= 15 is 0 Å². The summed E-state index contributed by atoms with van der Waals surface area (Å²) in [5.74, 6) is 1.29. The van der Waals surface area contributed by atoms with Crippen LogP contribution in [0.5, 0.6) is 0 Å². The highest BCUT2D eigenvalue weighted by Crippen LogP contribution is 2.23. The second-order valence-corrected chi connectivity index (χ2v) is 5.16. The third-order valence-corrected chi connectivity index (χ3v) is 3.45. The fourth-order valence-corrected chi connectivity index (χ4v) is 2.13. The van der Waals surface area contributed by atoms with Crippen LogP contribution in [0.3, 0.4) is 0 Å². The van der Waals surface area contributed by atoms with Crippen molar-refractivity contribution in [1.29, 1.82) is 5.26 Å². The van der Waals surface area contributed by atoms with Gasteiger partial charge in [-0.1, -0.05) is 0 Å². The summed E-state index contributed by atoms with van der Waals surface area (Å²) in [6, 6.07) is 8.09. The predicted octanol–water partition coefficient (Wildman–Crippen LogP) is 2.76. The van der Waals surface area contributed by atoms with Gasteiger partial charge in [0.25, 0.3) is 0 Å². The Bertz CT molecular complexity index is 670. The molecule has 21 heavy (non-hydrogen) atoms. The van der Waals surface area contributed by atoms with Gasteiger partial charge >= 0.3 is 0 Å². The highest BCUT2D eigenvalue weighted by atomic mass is 15.1. The molecule has 0 unspecified atom stereocenters. The summed E-state index contributed by atoms with van der Waals surface area (Å²) in [5, 5.41) is 15.4. The SMILES string of the molecule is Cc1cc(C#N)nc(Nc2ccc(NC3CCC3)nc2)n1. The Morgan fingerprint density at radius 3 is 2.76 bits per heavy atom. The molecule has 6 heteroatoms. The van der Waals surface area contributed by atoms with Crippen molar-refractivity contribution < 1.29 is 0 Å². The van der Waals surface area contributed by atoms with E-state index in [4.69, 9.17) is 5.26 Å². The van der Waals surface area contributed by atoms with Gasteiger partial charge in [-0.05, 0) is 44.4 Å². The number of pyridine rings is 1. The molecule has 2 aromatic heterocycles. The van der Waals surface area contributed by atoms with Gasteiger partial charge in [0, 0.05) is 11.7 Å². The third kappa shape index (κ3) is 3.26. The number of hydrogen-bond donors (Lipinski definition) is 2. The van der Waals surface area contributed by atoms with Crippen LogP contribution in [0.4, 0.5) is 17.5 Å². The van der Waals surface area contributed by atoms with Crippen molar-refractivity contribution >= 4 is 17.5 Å². The molecule has 0 bridgehead atoms. The highest BCUT2D eigenvalue weighted by molar-refractivity contribution is 5.55. The van der Waals surface area contributed by atoms with E-state index in [1.165, 1.54) is 19.3 Å². The molecular formula is C15H16N6. The maximum absolute atomic E-state index is 8.91. The number of rotatable bonds is 4. The molecule has 3 rings (SSSR count). The van der Waals surface area contributed by atoms with Gasteiger partial charge < -0.3 is 10.6 Å². The fourth-order valence-electron chi connectivity index (χ4n) is 2.13. The summed E-state index contributed by atoms with van der Waals surface area (Å²) in [7, 11) is 0. The van der Waals surface area contributed by atoms with Gasteiger partial charge in [0.2, 0.25) is 5.95 Å². The van der Waals surface area contributed by atoms with Crippen molar-refractivity contribution in [2.45, 2.75) is 32.2 Å². The van der Waals surface area contributed by atoms with Crippen LogP contribution in [-0.4, -0.2) is 21.0 Å². The lowest BCUT2D eigenvalue weighted by molar-refractivity contribution is 0.444.